The molecule has 5 heterocycles. The molecule has 16 nitrogen and oxygen atoms in total. The van der Waals surface area contributed by atoms with Gasteiger partial charge in [-0.25, -0.2) is 9.48 Å². The van der Waals surface area contributed by atoms with Gasteiger partial charge < -0.3 is 36.7 Å². The molecule has 0 unspecified atom stereocenters. The van der Waals surface area contributed by atoms with Crippen LogP contribution in [0.15, 0.2) is 44.7 Å². The molecular formula is C29H36N10O6. The highest BCUT2D eigenvalue weighted by atomic mass is 16.4. The topological polar surface area (TPSA) is 233 Å². The Morgan fingerprint density at radius 3 is 2.73 bits per heavy atom. The fourth-order valence-corrected chi connectivity index (χ4v) is 5.55. The van der Waals surface area contributed by atoms with Crippen molar-refractivity contribution >= 4 is 46.2 Å². The number of hydrogen-bond acceptors (Lipinski definition) is 9. The van der Waals surface area contributed by atoms with Crippen LogP contribution in [-0.4, -0.2) is 81.2 Å². The summed E-state index contributed by atoms with van der Waals surface area (Å²) in [5.41, 5.74) is 12.2. The van der Waals surface area contributed by atoms with Crippen molar-refractivity contribution < 1.29 is 23.6 Å². The smallest absolute Gasteiger partial charge is 0.336 e. The lowest BCUT2D eigenvalue weighted by atomic mass is 10.1. The fourth-order valence-electron chi connectivity index (χ4n) is 5.55. The molecule has 6 bridgehead atoms. The second kappa shape index (κ2) is 14.0. The van der Waals surface area contributed by atoms with E-state index in [4.69, 9.17) is 15.9 Å². The Labute approximate surface area is 257 Å². The van der Waals surface area contributed by atoms with Gasteiger partial charge in [-0.05, 0) is 56.2 Å². The third kappa shape index (κ3) is 8.01. The Hall–Kier alpha value is -5.28. The van der Waals surface area contributed by atoms with E-state index in [2.05, 4.69) is 31.3 Å². The number of aromatic nitrogens is 3. The zero-order valence-corrected chi connectivity index (χ0v) is 24.7. The normalized spacial score (nSPS) is 20.0. The summed E-state index contributed by atoms with van der Waals surface area (Å²) in [6, 6.07) is 4.54. The van der Waals surface area contributed by atoms with Gasteiger partial charge in [0.2, 0.25) is 23.6 Å². The number of amides is 4. The maximum absolute atomic E-state index is 13.5. The highest BCUT2D eigenvalue weighted by Crippen LogP contribution is 2.23. The average molecular weight is 621 g/mol. The molecule has 0 radical (unpaired) electrons. The maximum Gasteiger partial charge on any atom is 0.336 e. The molecule has 4 amide bonds. The van der Waals surface area contributed by atoms with Gasteiger partial charge in [0.25, 0.3) is 0 Å². The molecule has 3 aliphatic rings. The molecule has 45 heavy (non-hydrogen) atoms. The van der Waals surface area contributed by atoms with Gasteiger partial charge >= 0.3 is 5.63 Å². The molecule has 3 aliphatic heterocycles. The number of nitrogens with zero attached hydrogens (tertiary/aromatic N) is 5. The molecule has 1 aromatic carbocycles. The molecule has 1 saturated heterocycles. The first-order valence-electron chi connectivity index (χ1n) is 14.8. The molecule has 0 aliphatic carbocycles. The quantitative estimate of drug-likeness (QED) is 0.107. The number of carbonyl (C=O) groups is 4. The van der Waals surface area contributed by atoms with E-state index in [0.29, 0.717) is 61.0 Å². The van der Waals surface area contributed by atoms with Crippen LogP contribution in [0.4, 0.5) is 5.69 Å². The van der Waals surface area contributed by atoms with E-state index in [1.165, 1.54) is 11.0 Å². The minimum absolute atomic E-state index is 0.0878. The number of nitrogens with two attached hydrogens (primary N) is 2. The Kier molecular flexibility index (Phi) is 9.70. The van der Waals surface area contributed by atoms with Gasteiger partial charge in [-0.1, -0.05) is 5.21 Å². The van der Waals surface area contributed by atoms with Crippen molar-refractivity contribution in [1.82, 2.24) is 30.5 Å². The van der Waals surface area contributed by atoms with Crippen LogP contribution in [0, 0.1) is 0 Å². The van der Waals surface area contributed by atoms with Crippen molar-refractivity contribution in [1.29, 1.82) is 0 Å². The van der Waals surface area contributed by atoms with Crippen molar-refractivity contribution in [2.75, 3.05) is 25.0 Å². The number of carbonyl (C=O) groups excluding carboxylic acids is 4. The molecule has 1 fully saturated rings. The van der Waals surface area contributed by atoms with Crippen LogP contribution in [0.5, 0.6) is 0 Å². The lowest BCUT2D eigenvalue weighted by molar-refractivity contribution is -0.139. The van der Waals surface area contributed by atoms with Crippen molar-refractivity contribution in [3.05, 3.63) is 52.1 Å². The van der Waals surface area contributed by atoms with Crippen LogP contribution in [-0.2, 0) is 32.1 Å². The lowest BCUT2D eigenvalue weighted by Crippen LogP contribution is -2.53. The zero-order chi connectivity index (χ0) is 31.9. The number of hydrogen-bond donors (Lipinski definition) is 5. The molecular weight excluding hydrogens is 584 g/mol. The zero-order valence-electron chi connectivity index (χ0n) is 24.7. The van der Waals surface area contributed by atoms with Gasteiger partial charge in [-0.3, -0.25) is 24.2 Å². The summed E-state index contributed by atoms with van der Waals surface area (Å²) in [4.78, 5) is 70.2. The predicted molar refractivity (Wildman–Crippen MR) is 163 cm³/mol. The Morgan fingerprint density at radius 2 is 1.91 bits per heavy atom. The van der Waals surface area contributed by atoms with E-state index in [9.17, 15) is 24.0 Å². The van der Waals surface area contributed by atoms with Crippen LogP contribution in [0.25, 0.3) is 11.0 Å². The standard InChI is InChI=1S/C29H36N10O6/c30-29(31)32-10-2-5-21-27(43)34-18-8-9-20-17(12-26(42)45-23(20)13-18)15-38-16-19(36-37-38)4-1-7-24(40)33-14-25(41)39-11-3-6-22(39)28(44)35-21/h8-9,12-13,16,21-22H,1-7,10-11,14-15H2,(H,33,40)(H,34,43)(H,35,44)(H4,30,31,32)/t21-,22-/m0/s1. The fraction of sp³-hybridized carbons (Fsp3) is 0.448. The second-order valence-corrected chi connectivity index (χ2v) is 11.1. The number of guanidine groups is 1. The number of aliphatic imine (C=N–C) groups is 1. The summed E-state index contributed by atoms with van der Waals surface area (Å²) in [6.07, 6.45) is 4.51. The molecule has 0 spiro atoms. The second-order valence-electron chi connectivity index (χ2n) is 11.1. The van der Waals surface area contributed by atoms with E-state index in [0.717, 1.165) is 0 Å². The number of anilines is 1. The molecule has 0 saturated carbocycles. The monoisotopic (exact) mass is 620 g/mol. The largest absolute Gasteiger partial charge is 0.423 e. The van der Waals surface area contributed by atoms with Crippen molar-refractivity contribution in [2.24, 2.45) is 16.5 Å². The average Bonchev–Trinajstić information content (AvgIpc) is 3.66. The number of rotatable bonds is 4. The Morgan fingerprint density at radius 1 is 1.07 bits per heavy atom. The summed E-state index contributed by atoms with van der Waals surface area (Å²) in [6.45, 7) is 0.598. The summed E-state index contributed by atoms with van der Waals surface area (Å²) in [7, 11) is 0. The molecule has 2 aromatic heterocycles. The Bertz CT molecular complexity index is 1680. The summed E-state index contributed by atoms with van der Waals surface area (Å²) in [5.74, 6) is -1.76. The van der Waals surface area contributed by atoms with Crippen LogP contribution < -0.4 is 33.0 Å². The first kappa shape index (κ1) is 31.2. The number of fused-ring (bicyclic) bond motifs is 11. The van der Waals surface area contributed by atoms with Gasteiger partial charge in [-0.15, -0.1) is 5.10 Å². The summed E-state index contributed by atoms with van der Waals surface area (Å²) in [5, 5.41) is 17.2. The molecule has 3 aromatic rings. The first-order valence-corrected chi connectivity index (χ1v) is 14.8. The SMILES string of the molecule is NC(N)=NCCC[C@@H]1NC(=O)[C@@H]2CCCN2C(=O)CNC(=O)CCCc2cn(nn2)Cc2cc(=O)oc3cc(ccc23)NC1=O. The number of aryl methyl sites for hydroxylation is 1. The van der Waals surface area contributed by atoms with E-state index < -0.39 is 29.5 Å². The van der Waals surface area contributed by atoms with Gasteiger partial charge in [0.15, 0.2) is 5.96 Å². The minimum Gasteiger partial charge on any atom is -0.423 e. The van der Waals surface area contributed by atoms with Crippen LogP contribution in [0.2, 0.25) is 0 Å². The third-order valence-electron chi connectivity index (χ3n) is 7.74. The van der Waals surface area contributed by atoms with Gasteiger partial charge in [0.1, 0.15) is 17.7 Å². The number of benzene rings is 1. The van der Waals surface area contributed by atoms with Crippen molar-refractivity contribution in [3.8, 4) is 0 Å². The molecule has 2 atom stereocenters. The van der Waals surface area contributed by atoms with Crippen LogP contribution in [0.3, 0.4) is 0 Å². The minimum atomic E-state index is -0.985. The van der Waals surface area contributed by atoms with Crippen LogP contribution in [0.1, 0.15) is 49.8 Å². The van der Waals surface area contributed by atoms with E-state index in [1.807, 2.05) is 0 Å². The van der Waals surface area contributed by atoms with Crippen molar-refractivity contribution in [2.45, 2.75) is 63.6 Å². The van der Waals surface area contributed by atoms with E-state index in [1.54, 1.807) is 29.1 Å². The number of nitrogens with one attached hydrogen (secondary N) is 3. The summed E-state index contributed by atoms with van der Waals surface area (Å²) >= 11 is 0. The van der Waals surface area contributed by atoms with Gasteiger partial charge in [0, 0.05) is 48.9 Å². The van der Waals surface area contributed by atoms with Gasteiger partial charge in [-0.2, -0.15) is 0 Å². The van der Waals surface area contributed by atoms with E-state index in [-0.39, 0.29) is 55.8 Å². The van der Waals surface area contributed by atoms with E-state index >= 15 is 0 Å². The predicted octanol–water partition coefficient (Wildman–Crippen LogP) is -0.647. The van der Waals surface area contributed by atoms with Crippen LogP contribution >= 0.6 is 0 Å². The molecule has 6 rings (SSSR count). The maximum atomic E-state index is 13.5. The third-order valence-corrected chi connectivity index (χ3v) is 7.74. The molecule has 7 N–H and O–H groups in total. The highest BCUT2D eigenvalue weighted by molar-refractivity contribution is 6.00. The van der Waals surface area contributed by atoms with Gasteiger partial charge in [0.05, 0.1) is 18.8 Å². The lowest BCUT2D eigenvalue weighted by Gasteiger charge is -2.26. The molecule has 238 valence electrons. The summed E-state index contributed by atoms with van der Waals surface area (Å²) < 4.78 is 7.03. The Balaban J connectivity index is 1.44. The first-order chi connectivity index (χ1) is 21.7. The van der Waals surface area contributed by atoms with Crippen molar-refractivity contribution in [3.63, 3.8) is 0 Å². The highest BCUT2D eigenvalue weighted by Gasteiger charge is 2.35. The molecule has 16 heteroatoms.